The summed E-state index contributed by atoms with van der Waals surface area (Å²) in [6.07, 6.45) is 17.5. The molecule has 24 heteroatoms. The lowest BCUT2D eigenvalue weighted by Crippen LogP contribution is -2.22. The summed E-state index contributed by atoms with van der Waals surface area (Å²) in [6, 6.07) is 43.1. The van der Waals surface area contributed by atoms with Crippen LogP contribution in [0.15, 0.2) is 169 Å². The van der Waals surface area contributed by atoms with Gasteiger partial charge in [-0.2, -0.15) is 0 Å². The number of rotatable bonds is 30. The Morgan fingerprint density at radius 2 is 0.769 bits per heavy atom. The second kappa shape index (κ2) is 39.6. The first-order valence-electron chi connectivity index (χ1n) is 40.4. The molecule has 3 aliphatic heterocycles. The number of anilines is 3. The summed E-state index contributed by atoms with van der Waals surface area (Å²) in [4.78, 5) is 52.8. The van der Waals surface area contributed by atoms with Crippen LogP contribution in [0.1, 0.15) is 146 Å². The number of carbonyl (C=O) groups excluding carboxylic acids is 3. The molecule has 3 saturated heterocycles. The quantitative estimate of drug-likeness (QED) is 0.0242. The van der Waals surface area contributed by atoms with Crippen LogP contribution in [-0.4, -0.2) is 131 Å². The second-order valence-electron chi connectivity index (χ2n) is 29.9. The molecule has 3 fully saturated rings. The summed E-state index contributed by atoms with van der Waals surface area (Å²) in [6.45, 7) is 19.0. The molecular weight excluding hydrogens is 1510 g/mol. The highest BCUT2D eigenvalue weighted by Crippen LogP contribution is 2.41. The molecule has 9 aromatic carbocycles. The molecule has 21 nitrogen and oxygen atoms in total. The molecule has 12 aromatic rings. The van der Waals surface area contributed by atoms with E-state index in [9.17, 15) is 28.3 Å². The molecule has 3 aromatic heterocycles. The fraction of sp³-hybridized carbons (Fsp3) is 0.355. The van der Waals surface area contributed by atoms with Gasteiger partial charge in [-0.1, -0.05) is 20.8 Å². The van der Waals surface area contributed by atoms with Crippen LogP contribution in [-0.2, 0) is 14.2 Å². The normalized spacial score (nSPS) is 14.0. The van der Waals surface area contributed by atoms with Gasteiger partial charge in [0.25, 0.3) is 0 Å². The second-order valence-corrected chi connectivity index (χ2v) is 30.8. The van der Waals surface area contributed by atoms with Gasteiger partial charge in [0.05, 0.1) is 52.7 Å². The van der Waals surface area contributed by atoms with E-state index in [1.54, 1.807) is 43.7 Å². The number of benzene rings is 9. The standard InChI is InChI=1S/C32H37N3O4S.C31H34FN3O4.C30H32FN3O4/c1-5-6-29(36)26-9-7-23(15-21(26)2)35-20-34-32-27(33-19-22-11-13-38-14-12-22)16-25(17-28(32)35)39-30-10-8-24(37-3)18-31(30)40-4;1-4-5-29(36)25-8-6-22(14-20(25)2)35-19-34-31-27(33-18-21-10-12-38-13-11-21)16-24(17-28(31)35)39-30-9-7-23(37-3)15-26(30)32;1-3-4-28(36)24-7-5-21(13-19(24)2)34-18-33-30-26(32-17-20-9-11-37-12-10-20)15-23(16-27(30)34)38-29-8-6-22(35)14-25(29)31/h7-10,15-18,20,22,33H,5-6,11-14,19H2,1-4H3;6-9,14-17,19,21,33H,4-5,10-13,18H2,1-3H3;5-8,13-16,18,20,32,35H,3-4,9-12,17H2,1-2H3. The Morgan fingerprint density at radius 1 is 0.436 bits per heavy atom. The number of halogens is 2. The predicted octanol–water partition coefficient (Wildman–Crippen LogP) is 21.6. The fourth-order valence-corrected chi connectivity index (χ4v) is 15.5. The number of phenols is 1. The van der Waals surface area contributed by atoms with Crippen LogP contribution >= 0.6 is 11.8 Å². The number of aromatic hydroxyl groups is 1. The molecule has 0 unspecified atom stereocenters. The number of methoxy groups -OCH3 is 2. The van der Waals surface area contributed by atoms with Crippen molar-refractivity contribution < 1.29 is 66.2 Å². The third-order valence-electron chi connectivity index (χ3n) is 21.5. The van der Waals surface area contributed by atoms with Crippen molar-refractivity contribution in [2.24, 2.45) is 17.8 Å². The van der Waals surface area contributed by atoms with Gasteiger partial charge in [-0.15, -0.1) is 11.8 Å². The van der Waals surface area contributed by atoms with Crippen molar-refractivity contribution in [1.29, 1.82) is 0 Å². The van der Waals surface area contributed by atoms with Crippen LogP contribution in [0.5, 0.6) is 51.7 Å². The highest BCUT2D eigenvalue weighted by molar-refractivity contribution is 7.98. The zero-order chi connectivity index (χ0) is 82.1. The number of fused-ring (bicyclic) bond motifs is 3. The van der Waals surface area contributed by atoms with E-state index in [-0.39, 0.29) is 34.6 Å². The molecule has 0 spiro atoms. The van der Waals surface area contributed by atoms with E-state index >= 15 is 0 Å². The van der Waals surface area contributed by atoms with E-state index in [1.165, 1.54) is 25.3 Å². The number of aryl methyl sites for hydroxylation is 3. The first kappa shape index (κ1) is 83.6. The lowest BCUT2D eigenvalue weighted by atomic mass is 10.0. The van der Waals surface area contributed by atoms with E-state index in [4.69, 9.17) is 52.8 Å². The molecular formula is C93H103F2N9O12S. The molecule has 3 aliphatic rings. The number of nitrogens with one attached hydrogen (secondary N) is 3. The summed E-state index contributed by atoms with van der Waals surface area (Å²) in [5, 5.41) is 20.3. The molecule has 0 saturated carbocycles. The monoisotopic (exact) mass is 1610 g/mol. The molecule has 117 heavy (non-hydrogen) atoms. The lowest BCUT2D eigenvalue weighted by Gasteiger charge is -2.23. The van der Waals surface area contributed by atoms with Crippen molar-refractivity contribution in [1.82, 2.24) is 28.7 Å². The molecule has 4 N–H and O–H groups in total. The van der Waals surface area contributed by atoms with Crippen LogP contribution < -0.4 is 39.6 Å². The van der Waals surface area contributed by atoms with Crippen molar-refractivity contribution in [3.8, 4) is 68.8 Å². The van der Waals surface area contributed by atoms with Crippen molar-refractivity contribution >= 4 is 79.3 Å². The molecule has 0 amide bonds. The molecule has 6 heterocycles. The van der Waals surface area contributed by atoms with Gasteiger partial charge < -0.3 is 59.0 Å². The zero-order valence-electron chi connectivity index (χ0n) is 68.0. The number of thioether (sulfide) groups is 1. The molecule has 0 aliphatic carbocycles. The highest BCUT2D eigenvalue weighted by Gasteiger charge is 2.24. The van der Waals surface area contributed by atoms with Gasteiger partial charge in [0, 0.05) is 161 Å². The number of hydrogen-bond acceptors (Lipinski definition) is 19. The smallest absolute Gasteiger partial charge is 0.169 e. The van der Waals surface area contributed by atoms with E-state index in [0.717, 1.165) is 246 Å². The molecule has 0 bridgehead atoms. The number of imidazole rings is 3. The minimum atomic E-state index is -0.654. The van der Waals surface area contributed by atoms with Gasteiger partial charge in [0.2, 0.25) is 0 Å². The van der Waals surface area contributed by atoms with Crippen molar-refractivity contribution in [2.45, 2.75) is 123 Å². The summed E-state index contributed by atoms with van der Waals surface area (Å²) in [5.74, 6) is 4.39. The number of aromatic nitrogens is 6. The average Bonchev–Trinajstić information content (AvgIpc) is 1.65. The highest BCUT2D eigenvalue weighted by atomic mass is 32.2. The summed E-state index contributed by atoms with van der Waals surface area (Å²) >= 11 is 1.61. The molecule has 0 radical (unpaired) electrons. The van der Waals surface area contributed by atoms with Gasteiger partial charge in [-0.3, -0.25) is 28.1 Å². The number of ketones is 3. The number of phenolic OH excluding ortho intramolecular Hbond substituents is 1. The lowest BCUT2D eigenvalue weighted by molar-refractivity contribution is 0.0698. The van der Waals surface area contributed by atoms with E-state index in [2.05, 4.69) is 26.6 Å². The van der Waals surface area contributed by atoms with Gasteiger partial charge in [0.1, 0.15) is 75.8 Å². The number of nitrogens with zero attached hydrogens (tertiary/aromatic N) is 6. The first-order chi connectivity index (χ1) is 56.9. The Morgan fingerprint density at radius 3 is 1.09 bits per heavy atom. The van der Waals surface area contributed by atoms with Crippen LogP contribution in [0, 0.1) is 50.2 Å². The Bertz CT molecular complexity index is 5490. The number of hydrogen-bond donors (Lipinski definition) is 4. The van der Waals surface area contributed by atoms with Crippen molar-refractivity contribution in [2.75, 3.05) is 95.7 Å². The Kier molecular flexibility index (Phi) is 28.3. The Labute approximate surface area is 685 Å². The zero-order valence-corrected chi connectivity index (χ0v) is 68.8. The van der Waals surface area contributed by atoms with Gasteiger partial charge >= 0.3 is 0 Å². The van der Waals surface area contributed by atoms with E-state index in [1.807, 2.05) is 166 Å². The van der Waals surface area contributed by atoms with Crippen LogP contribution in [0.25, 0.3) is 50.2 Å². The predicted molar refractivity (Wildman–Crippen MR) is 457 cm³/mol. The topological polar surface area (TPSA) is 235 Å². The first-order valence-corrected chi connectivity index (χ1v) is 41.6. The average molecular weight is 1610 g/mol. The maximum atomic E-state index is 14.7. The number of ether oxygens (including phenoxy) is 8. The van der Waals surface area contributed by atoms with Crippen molar-refractivity contribution in [3.63, 3.8) is 0 Å². The van der Waals surface area contributed by atoms with Gasteiger partial charge in [-0.05, 0) is 216 Å². The van der Waals surface area contributed by atoms with Crippen LogP contribution in [0.2, 0.25) is 0 Å². The summed E-state index contributed by atoms with van der Waals surface area (Å²) in [5.41, 5.74) is 15.2. The third-order valence-corrected chi connectivity index (χ3v) is 22.3. The number of carbonyl (C=O) groups is 3. The van der Waals surface area contributed by atoms with E-state index in [0.29, 0.717) is 54.3 Å². The van der Waals surface area contributed by atoms with Crippen LogP contribution in [0.4, 0.5) is 25.8 Å². The summed E-state index contributed by atoms with van der Waals surface area (Å²) in [7, 11) is 3.16. The third kappa shape index (κ3) is 20.6. The van der Waals surface area contributed by atoms with Crippen molar-refractivity contribution in [3.05, 3.63) is 210 Å². The Balaban J connectivity index is 0.000000152. The Hall–Kier alpha value is -11.3. The maximum absolute atomic E-state index is 14.7. The fourth-order valence-electron chi connectivity index (χ4n) is 15.0. The van der Waals surface area contributed by atoms with E-state index < -0.39 is 11.6 Å². The number of Topliss-reactive ketones (excluding diaryl/α,β-unsaturated/α-hetero) is 3. The minimum Gasteiger partial charge on any atom is -0.508 e. The van der Waals surface area contributed by atoms with Gasteiger partial charge in [-0.25, -0.2) is 23.7 Å². The largest absolute Gasteiger partial charge is 0.508 e. The maximum Gasteiger partial charge on any atom is 0.169 e. The minimum absolute atomic E-state index is 0.0122. The molecule has 15 rings (SSSR count). The summed E-state index contributed by atoms with van der Waals surface area (Å²) < 4.78 is 80.7. The SMILES string of the molecule is CCCC(=O)c1ccc(-n2cnc3c(NCC4CCOCC4)cc(Oc4ccc(O)cc4F)cc32)cc1C.CCCC(=O)c1ccc(-n2cnc3c(NCC4CCOCC4)cc(Oc4ccc(OC)cc4F)cc32)cc1C.CCCC(=O)c1ccc(-n2cnc3c(NCC4CCOCC4)cc(Oc4ccc(OC)cc4SC)cc32)cc1C. The molecule has 0 atom stereocenters. The van der Waals surface area contributed by atoms with Gasteiger partial charge in [0.15, 0.2) is 40.5 Å². The molecule has 612 valence electrons. The van der Waals surface area contributed by atoms with Crippen LogP contribution in [0.3, 0.4) is 0 Å².